The van der Waals surface area contributed by atoms with Crippen molar-refractivity contribution in [3.05, 3.63) is 29.8 Å². The fourth-order valence-corrected chi connectivity index (χ4v) is 3.56. The number of benzene rings is 1. The average molecular weight is 322 g/mol. The van der Waals surface area contributed by atoms with E-state index in [2.05, 4.69) is 30.7 Å². The maximum atomic E-state index is 12.3. The third kappa shape index (κ3) is 4.09. The average Bonchev–Trinajstić information content (AvgIpc) is 2.53. The summed E-state index contributed by atoms with van der Waals surface area (Å²) in [5.41, 5.74) is 2.12. The van der Waals surface area contributed by atoms with E-state index in [-0.39, 0.29) is 4.90 Å². The zero-order chi connectivity index (χ0) is 16.2. The van der Waals surface area contributed by atoms with Crippen LogP contribution in [0.1, 0.15) is 64.4 Å². The van der Waals surface area contributed by atoms with Crippen molar-refractivity contribution in [3.63, 3.8) is 0 Å². The highest BCUT2D eigenvalue weighted by Gasteiger charge is 2.18. The molecule has 22 heavy (non-hydrogen) atoms. The predicted octanol–water partition coefficient (Wildman–Crippen LogP) is 4.04. The number of nitrogens with one attached hydrogen (secondary N) is 1. The first-order chi connectivity index (χ1) is 10.4. The Hall–Kier alpha value is -1.36. The Bertz CT molecular complexity index is 621. The van der Waals surface area contributed by atoms with Crippen LogP contribution in [-0.2, 0) is 10.0 Å². The topological polar surface area (TPSA) is 58.5 Å². The van der Waals surface area contributed by atoms with Gasteiger partial charge in [-0.2, -0.15) is 13.5 Å². The molecule has 0 bridgehead atoms. The number of hydrogen-bond acceptors (Lipinski definition) is 3. The third-order valence-electron chi connectivity index (χ3n) is 4.57. The van der Waals surface area contributed by atoms with E-state index in [1.807, 2.05) is 12.1 Å². The fraction of sp³-hybridized carbons (Fsp3) is 0.588. The van der Waals surface area contributed by atoms with Gasteiger partial charge in [-0.15, -0.1) is 0 Å². The number of rotatable bonds is 5. The van der Waals surface area contributed by atoms with Crippen LogP contribution in [0, 0.1) is 5.92 Å². The highest BCUT2D eigenvalue weighted by Crippen LogP contribution is 2.22. The summed E-state index contributed by atoms with van der Waals surface area (Å²) in [5.74, 6) is 0.803. The number of hydrazone groups is 1. The van der Waals surface area contributed by atoms with E-state index in [0.29, 0.717) is 11.8 Å². The lowest BCUT2D eigenvalue weighted by atomic mass is 9.89. The van der Waals surface area contributed by atoms with Crippen molar-refractivity contribution in [1.29, 1.82) is 0 Å². The zero-order valence-electron chi connectivity index (χ0n) is 13.7. The summed E-state index contributed by atoms with van der Waals surface area (Å²) in [6, 6.07) is 7.10. The first-order valence-electron chi connectivity index (χ1n) is 8.12. The van der Waals surface area contributed by atoms with Crippen molar-refractivity contribution in [1.82, 2.24) is 4.83 Å². The van der Waals surface area contributed by atoms with Gasteiger partial charge in [0.05, 0.1) is 4.90 Å². The van der Waals surface area contributed by atoms with Gasteiger partial charge in [-0.1, -0.05) is 39.3 Å². The first kappa shape index (κ1) is 17.0. The van der Waals surface area contributed by atoms with E-state index in [4.69, 9.17) is 0 Å². The molecule has 1 aromatic rings. The van der Waals surface area contributed by atoms with Crippen LogP contribution in [0.4, 0.5) is 0 Å². The molecule has 0 aromatic heterocycles. The summed E-state index contributed by atoms with van der Waals surface area (Å²) in [6.45, 7) is 6.36. The second kappa shape index (κ2) is 7.27. The summed E-state index contributed by atoms with van der Waals surface area (Å²) in [5, 5.41) is 4.16. The largest absolute Gasteiger partial charge is 0.276 e. The van der Waals surface area contributed by atoms with Crippen LogP contribution in [0.25, 0.3) is 0 Å². The maximum absolute atomic E-state index is 12.3. The minimum absolute atomic E-state index is 0.271. The van der Waals surface area contributed by atoms with E-state index in [1.165, 1.54) is 6.42 Å². The Morgan fingerprint density at radius 2 is 1.95 bits per heavy atom. The molecule has 1 aliphatic carbocycles. The highest BCUT2D eigenvalue weighted by atomic mass is 32.2. The van der Waals surface area contributed by atoms with Gasteiger partial charge in [0, 0.05) is 5.71 Å². The Labute approximate surface area is 134 Å². The van der Waals surface area contributed by atoms with Crippen LogP contribution in [0.5, 0.6) is 0 Å². The molecule has 0 heterocycles. The van der Waals surface area contributed by atoms with Gasteiger partial charge >= 0.3 is 0 Å². The molecule has 1 aliphatic rings. The summed E-state index contributed by atoms with van der Waals surface area (Å²) in [6.07, 6.45) is 5.30. The Morgan fingerprint density at radius 3 is 2.55 bits per heavy atom. The number of sulfonamides is 1. The number of hydrogen-bond donors (Lipinski definition) is 1. The molecular weight excluding hydrogens is 296 g/mol. The van der Waals surface area contributed by atoms with Crippen molar-refractivity contribution in [3.8, 4) is 0 Å². The standard InChI is InChI=1S/C17H26N2O2S/c1-4-13(2)15-9-11-16(12-10-15)22(20,21)19-18-17-8-6-5-7-14(17)3/h9-14,19H,4-8H2,1-3H3/b18-17+/t13-,14-/m1/s1. The quantitative estimate of drug-likeness (QED) is 0.832. The predicted molar refractivity (Wildman–Crippen MR) is 90.5 cm³/mol. The summed E-state index contributed by atoms with van der Waals surface area (Å²) >= 11 is 0. The molecule has 0 spiro atoms. The summed E-state index contributed by atoms with van der Waals surface area (Å²) in [4.78, 5) is 2.67. The molecule has 2 atom stereocenters. The Balaban J connectivity index is 2.11. The lowest BCUT2D eigenvalue weighted by molar-refractivity contribution is 0.552. The maximum Gasteiger partial charge on any atom is 0.276 e. The smallest absolute Gasteiger partial charge is 0.200 e. The van der Waals surface area contributed by atoms with Gasteiger partial charge in [0.1, 0.15) is 0 Å². The summed E-state index contributed by atoms with van der Waals surface area (Å²) in [7, 11) is -3.57. The van der Waals surface area contributed by atoms with Gasteiger partial charge in [-0.25, -0.2) is 4.83 Å². The second-order valence-corrected chi connectivity index (χ2v) is 7.88. The van der Waals surface area contributed by atoms with E-state index >= 15 is 0 Å². The highest BCUT2D eigenvalue weighted by molar-refractivity contribution is 7.89. The first-order valence-corrected chi connectivity index (χ1v) is 9.60. The molecule has 0 amide bonds. The molecule has 0 aliphatic heterocycles. The van der Waals surface area contributed by atoms with E-state index in [0.717, 1.165) is 37.0 Å². The third-order valence-corrected chi connectivity index (χ3v) is 5.79. The molecular formula is C17H26N2O2S. The van der Waals surface area contributed by atoms with Crippen LogP contribution in [-0.4, -0.2) is 14.1 Å². The van der Waals surface area contributed by atoms with E-state index < -0.39 is 10.0 Å². The SMILES string of the molecule is CC[C@@H](C)c1ccc(S(=O)(=O)N/N=C2\CCCC[C@H]2C)cc1. The Kier molecular flexibility index (Phi) is 5.62. The molecule has 1 fully saturated rings. The minimum Gasteiger partial charge on any atom is -0.200 e. The molecule has 122 valence electrons. The minimum atomic E-state index is -3.57. The van der Waals surface area contributed by atoms with Crippen molar-refractivity contribution >= 4 is 15.7 Å². The molecule has 0 saturated heterocycles. The second-order valence-electron chi connectivity index (χ2n) is 6.22. The van der Waals surface area contributed by atoms with Crippen molar-refractivity contribution in [2.75, 3.05) is 0 Å². The van der Waals surface area contributed by atoms with Gasteiger partial charge < -0.3 is 0 Å². The molecule has 0 radical (unpaired) electrons. The van der Waals surface area contributed by atoms with E-state index in [1.54, 1.807) is 12.1 Å². The van der Waals surface area contributed by atoms with E-state index in [9.17, 15) is 8.42 Å². The molecule has 5 heteroatoms. The monoisotopic (exact) mass is 322 g/mol. The fourth-order valence-electron chi connectivity index (χ4n) is 2.72. The van der Waals surface area contributed by atoms with Gasteiger partial charge in [-0.05, 0) is 55.2 Å². The molecule has 1 aromatic carbocycles. The van der Waals surface area contributed by atoms with Crippen molar-refractivity contribution in [2.24, 2.45) is 11.0 Å². The van der Waals surface area contributed by atoms with Crippen LogP contribution in [0.3, 0.4) is 0 Å². The van der Waals surface area contributed by atoms with Crippen LogP contribution < -0.4 is 4.83 Å². The van der Waals surface area contributed by atoms with Crippen molar-refractivity contribution < 1.29 is 8.42 Å². The number of nitrogens with zero attached hydrogens (tertiary/aromatic N) is 1. The molecule has 1 saturated carbocycles. The van der Waals surface area contributed by atoms with Crippen molar-refractivity contribution in [2.45, 2.75) is 63.7 Å². The lowest BCUT2D eigenvalue weighted by Gasteiger charge is -2.20. The van der Waals surface area contributed by atoms with Gasteiger partial charge in [0.15, 0.2) is 0 Å². The van der Waals surface area contributed by atoms with Gasteiger partial charge in [0.2, 0.25) is 0 Å². The van der Waals surface area contributed by atoms with Crippen LogP contribution in [0.2, 0.25) is 0 Å². The normalized spacial score (nSPS) is 22.5. The van der Waals surface area contributed by atoms with Crippen LogP contribution >= 0.6 is 0 Å². The lowest BCUT2D eigenvalue weighted by Crippen LogP contribution is -2.24. The molecule has 4 nitrogen and oxygen atoms in total. The molecule has 1 N–H and O–H groups in total. The molecule has 0 unspecified atom stereocenters. The zero-order valence-corrected chi connectivity index (χ0v) is 14.5. The Morgan fingerprint density at radius 1 is 1.27 bits per heavy atom. The van der Waals surface area contributed by atoms with Gasteiger partial charge in [0.25, 0.3) is 10.0 Å². The van der Waals surface area contributed by atoms with Gasteiger partial charge in [-0.3, -0.25) is 0 Å². The summed E-state index contributed by atoms with van der Waals surface area (Å²) < 4.78 is 24.6. The van der Waals surface area contributed by atoms with Crippen LogP contribution in [0.15, 0.2) is 34.3 Å². The molecule has 2 rings (SSSR count).